The van der Waals surface area contributed by atoms with E-state index in [0.29, 0.717) is 18.9 Å². The van der Waals surface area contributed by atoms with Crippen LogP contribution in [-0.4, -0.2) is 50.8 Å². The van der Waals surface area contributed by atoms with Crippen molar-refractivity contribution in [3.05, 3.63) is 23.8 Å². The number of benzene rings is 1. The summed E-state index contributed by atoms with van der Waals surface area (Å²) < 4.78 is 29.0. The van der Waals surface area contributed by atoms with E-state index in [4.69, 9.17) is 0 Å². The smallest absolute Gasteiger partial charge is 0.240 e. The molecule has 2 aliphatic heterocycles. The van der Waals surface area contributed by atoms with E-state index in [1.165, 1.54) is 19.3 Å². The topological polar surface area (TPSA) is 86.8 Å². The van der Waals surface area contributed by atoms with Crippen molar-refractivity contribution in [3.63, 3.8) is 0 Å². The maximum atomic E-state index is 13.0. The van der Waals surface area contributed by atoms with Crippen LogP contribution in [0.1, 0.15) is 83.1 Å². The van der Waals surface area contributed by atoms with Crippen LogP contribution in [0.4, 0.5) is 5.69 Å². The van der Waals surface area contributed by atoms with Crippen molar-refractivity contribution >= 4 is 27.5 Å². The van der Waals surface area contributed by atoms with Gasteiger partial charge >= 0.3 is 0 Å². The van der Waals surface area contributed by atoms with Gasteiger partial charge in [0, 0.05) is 44.2 Å². The molecule has 1 aromatic carbocycles. The van der Waals surface area contributed by atoms with Crippen molar-refractivity contribution in [2.45, 2.75) is 94.9 Å². The summed E-state index contributed by atoms with van der Waals surface area (Å²) in [7, 11) is -3.59. The van der Waals surface area contributed by atoms with Gasteiger partial charge in [0.25, 0.3) is 0 Å². The van der Waals surface area contributed by atoms with Crippen molar-refractivity contribution in [2.75, 3.05) is 24.5 Å². The van der Waals surface area contributed by atoms with Crippen LogP contribution in [0.3, 0.4) is 0 Å². The molecule has 0 spiro atoms. The first-order valence-electron chi connectivity index (χ1n) is 13.1. The van der Waals surface area contributed by atoms with Crippen molar-refractivity contribution in [3.8, 4) is 0 Å². The number of rotatable bonds is 6. The van der Waals surface area contributed by atoms with Crippen molar-refractivity contribution in [2.24, 2.45) is 5.92 Å². The Kier molecular flexibility index (Phi) is 8.30. The molecule has 1 saturated carbocycles. The summed E-state index contributed by atoms with van der Waals surface area (Å²) in [5, 5.41) is 0. The van der Waals surface area contributed by atoms with Gasteiger partial charge in [-0.05, 0) is 61.8 Å². The highest BCUT2D eigenvalue weighted by Crippen LogP contribution is 2.31. The number of sulfonamides is 1. The van der Waals surface area contributed by atoms with Gasteiger partial charge in [0.1, 0.15) is 0 Å². The Bertz CT molecular complexity index is 978. The molecule has 0 atom stereocenters. The first-order valence-corrected chi connectivity index (χ1v) is 14.6. The highest BCUT2D eigenvalue weighted by atomic mass is 32.2. The molecule has 0 unspecified atom stereocenters. The lowest BCUT2D eigenvalue weighted by Crippen LogP contribution is -2.38. The van der Waals surface area contributed by atoms with E-state index in [-0.39, 0.29) is 35.6 Å². The van der Waals surface area contributed by atoms with Gasteiger partial charge in [-0.25, -0.2) is 13.1 Å². The zero-order valence-corrected chi connectivity index (χ0v) is 21.2. The third-order valence-corrected chi connectivity index (χ3v) is 9.19. The number of nitrogens with one attached hydrogen (secondary N) is 1. The Morgan fingerprint density at radius 2 is 1.56 bits per heavy atom. The molecule has 34 heavy (non-hydrogen) atoms. The van der Waals surface area contributed by atoms with Gasteiger partial charge in [0.05, 0.1) is 4.90 Å². The van der Waals surface area contributed by atoms with Crippen LogP contribution < -0.4 is 9.62 Å². The molecule has 4 rings (SSSR count). The number of anilines is 1. The van der Waals surface area contributed by atoms with E-state index < -0.39 is 10.0 Å². The van der Waals surface area contributed by atoms with Crippen LogP contribution in [0.25, 0.3) is 0 Å². The highest BCUT2D eigenvalue weighted by molar-refractivity contribution is 7.89. The predicted octanol–water partition coefficient (Wildman–Crippen LogP) is 4.01. The minimum absolute atomic E-state index is 0.00252. The number of amides is 2. The second-order valence-electron chi connectivity index (χ2n) is 10.3. The van der Waals surface area contributed by atoms with E-state index in [9.17, 15) is 18.0 Å². The Morgan fingerprint density at radius 1 is 0.912 bits per heavy atom. The number of hydrogen-bond donors (Lipinski definition) is 1. The Balaban J connectivity index is 1.35. The standard InChI is InChI=1S/C26H39N3O4S/c1-20-13-16-28(17-14-20)25(30)11-12-26(31)29-18-15-21-19-23(9-10-24(21)29)34(32,33)27-22-7-5-3-2-4-6-8-22/h9-10,19-20,22,27H,2-8,11-18H2,1H3. The van der Waals surface area contributed by atoms with Crippen molar-refractivity contribution in [1.29, 1.82) is 0 Å². The molecule has 1 N–H and O–H groups in total. The monoisotopic (exact) mass is 489 g/mol. The normalized spacial score (nSPS) is 20.6. The zero-order chi connectivity index (χ0) is 24.1. The molecule has 1 aromatic rings. The van der Waals surface area contributed by atoms with Crippen LogP contribution in [0, 0.1) is 5.92 Å². The molecule has 3 aliphatic rings. The SMILES string of the molecule is CC1CCN(C(=O)CCC(=O)N2CCc3cc(S(=O)(=O)NC4CCCCCCC4)ccc32)CC1. The first-order chi connectivity index (χ1) is 16.3. The van der Waals surface area contributed by atoms with E-state index >= 15 is 0 Å². The first kappa shape index (κ1) is 25.2. The molecule has 2 fully saturated rings. The summed E-state index contributed by atoms with van der Waals surface area (Å²) >= 11 is 0. The molecular formula is C26H39N3O4S. The maximum Gasteiger partial charge on any atom is 0.240 e. The lowest BCUT2D eigenvalue weighted by molar-refractivity contribution is -0.134. The lowest BCUT2D eigenvalue weighted by Gasteiger charge is -2.30. The summed E-state index contributed by atoms with van der Waals surface area (Å²) in [6, 6.07) is 5.07. The molecule has 1 aliphatic carbocycles. The summed E-state index contributed by atoms with van der Waals surface area (Å²) in [5.74, 6) is 0.648. The summed E-state index contributed by atoms with van der Waals surface area (Å²) in [4.78, 5) is 29.3. The quantitative estimate of drug-likeness (QED) is 0.654. The second-order valence-corrected chi connectivity index (χ2v) is 12.0. The van der Waals surface area contributed by atoms with Gasteiger partial charge in [0.15, 0.2) is 0 Å². The molecular weight excluding hydrogens is 450 g/mol. The number of likely N-dealkylation sites (tertiary alicyclic amines) is 1. The Morgan fingerprint density at radius 3 is 2.26 bits per heavy atom. The van der Waals surface area contributed by atoms with Gasteiger partial charge in [-0.15, -0.1) is 0 Å². The molecule has 2 amide bonds. The van der Waals surface area contributed by atoms with E-state index in [1.807, 2.05) is 4.90 Å². The number of nitrogens with zero attached hydrogens (tertiary/aromatic N) is 2. The molecule has 1 saturated heterocycles. The lowest BCUT2D eigenvalue weighted by atomic mass is 9.97. The van der Waals surface area contributed by atoms with E-state index in [2.05, 4.69) is 11.6 Å². The van der Waals surface area contributed by atoms with Gasteiger partial charge in [-0.3, -0.25) is 9.59 Å². The third-order valence-electron chi connectivity index (χ3n) is 7.67. The number of carbonyl (C=O) groups is 2. The molecule has 8 heteroatoms. The van der Waals surface area contributed by atoms with E-state index in [1.54, 1.807) is 23.1 Å². The fraction of sp³-hybridized carbons (Fsp3) is 0.692. The fourth-order valence-electron chi connectivity index (χ4n) is 5.43. The van der Waals surface area contributed by atoms with Crippen LogP contribution in [0.15, 0.2) is 23.1 Å². The van der Waals surface area contributed by atoms with Crippen molar-refractivity contribution in [1.82, 2.24) is 9.62 Å². The number of piperidine rings is 1. The number of hydrogen-bond acceptors (Lipinski definition) is 4. The van der Waals surface area contributed by atoms with E-state index in [0.717, 1.165) is 62.9 Å². The van der Waals surface area contributed by atoms with Gasteiger partial charge < -0.3 is 9.80 Å². The molecule has 188 valence electrons. The van der Waals surface area contributed by atoms with Gasteiger partial charge in [-0.2, -0.15) is 0 Å². The molecule has 0 bridgehead atoms. The summed E-state index contributed by atoms with van der Waals surface area (Å²) in [6.07, 6.45) is 10.6. The largest absolute Gasteiger partial charge is 0.343 e. The minimum Gasteiger partial charge on any atom is -0.343 e. The van der Waals surface area contributed by atoms with Gasteiger partial charge in [0.2, 0.25) is 21.8 Å². The summed E-state index contributed by atoms with van der Waals surface area (Å²) in [5.41, 5.74) is 1.65. The Labute approximate surface area is 204 Å². The third kappa shape index (κ3) is 6.19. The predicted molar refractivity (Wildman–Crippen MR) is 133 cm³/mol. The van der Waals surface area contributed by atoms with Gasteiger partial charge in [-0.1, -0.05) is 39.0 Å². The van der Waals surface area contributed by atoms with Crippen LogP contribution in [0.2, 0.25) is 0 Å². The molecule has 2 heterocycles. The van der Waals surface area contributed by atoms with Crippen LogP contribution >= 0.6 is 0 Å². The zero-order valence-electron chi connectivity index (χ0n) is 20.4. The number of fused-ring (bicyclic) bond motifs is 1. The Hall–Kier alpha value is -1.93. The minimum atomic E-state index is -3.59. The fourth-order valence-corrected chi connectivity index (χ4v) is 6.79. The average molecular weight is 490 g/mol. The average Bonchev–Trinajstić information content (AvgIpc) is 3.23. The van der Waals surface area contributed by atoms with Crippen LogP contribution in [-0.2, 0) is 26.0 Å². The maximum absolute atomic E-state index is 13.0. The molecule has 0 aromatic heterocycles. The number of carbonyl (C=O) groups excluding carboxylic acids is 2. The van der Waals surface area contributed by atoms with Crippen LogP contribution in [0.5, 0.6) is 0 Å². The molecule has 7 nitrogen and oxygen atoms in total. The molecule has 0 radical (unpaired) electrons. The van der Waals surface area contributed by atoms with Crippen molar-refractivity contribution < 1.29 is 18.0 Å². The summed E-state index contributed by atoms with van der Waals surface area (Å²) in [6.45, 7) is 4.31. The highest BCUT2D eigenvalue weighted by Gasteiger charge is 2.29. The second kappa shape index (κ2) is 11.2.